The molecule has 3 saturated carbocycles. The highest BCUT2D eigenvalue weighted by Crippen LogP contribution is 2.47. The first-order valence-electron chi connectivity index (χ1n) is 14.5. The van der Waals surface area contributed by atoms with Crippen molar-refractivity contribution in [2.24, 2.45) is 5.92 Å². The summed E-state index contributed by atoms with van der Waals surface area (Å²) in [7, 11) is -2.92. The van der Waals surface area contributed by atoms with Crippen LogP contribution >= 0.6 is 11.3 Å². The van der Waals surface area contributed by atoms with E-state index in [1.807, 2.05) is 24.5 Å². The molecule has 3 heterocycles. The summed E-state index contributed by atoms with van der Waals surface area (Å²) in [6.07, 6.45) is 14.4. The number of thiazole rings is 1. The van der Waals surface area contributed by atoms with Crippen LogP contribution in [-0.2, 0) is 14.6 Å². The standard InChI is InChI=1S/C20H19N3O2S2.C11H16N2O.H2/c24-27(25)11-10-23(14-20(27)7-8-20)17-5-3-15(4-6-17)18-13-22-19(26-18)16-2-1-9-21-12-16;12-8-11(6-7-11)13-10(14)9-4-2-1-3-5-9;/h1-6,9,12-13H,7-8,10-11,14H2;9H,1-7H2,(H,13,14);1H. The molecule has 0 radical (unpaired) electrons. The van der Waals surface area contributed by atoms with Gasteiger partial charge in [0.25, 0.3) is 0 Å². The molecule has 0 bridgehead atoms. The zero-order valence-electron chi connectivity index (χ0n) is 23.1. The molecule has 41 heavy (non-hydrogen) atoms. The fourth-order valence-electron chi connectivity index (χ4n) is 5.76. The number of rotatable bonds is 5. The van der Waals surface area contributed by atoms with E-state index in [-0.39, 0.29) is 19.0 Å². The van der Waals surface area contributed by atoms with E-state index in [0.29, 0.717) is 13.1 Å². The first kappa shape index (κ1) is 27.9. The lowest BCUT2D eigenvalue weighted by atomic mass is 9.88. The molecular formula is C31H37N5O3S2. The van der Waals surface area contributed by atoms with E-state index in [1.165, 1.54) is 6.42 Å². The average molecular weight is 592 g/mol. The molecule has 216 valence electrons. The monoisotopic (exact) mass is 591 g/mol. The number of sulfone groups is 1. The third-order valence-corrected chi connectivity index (χ3v) is 12.5. The van der Waals surface area contributed by atoms with Gasteiger partial charge in [-0.2, -0.15) is 5.26 Å². The molecule has 1 amide bonds. The number of pyridine rings is 1. The molecule has 7 rings (SSSR count). The number of nitrogens with zero attached hydrogens (tertiary/aromatic N) is 4. The second kappa shape index (κ2) is 11.2. The Morgan fingerprint density at radius 1 is 1.05 bits per heavy atom. The molecular weight excluding hydrogens is 555 g/mol. The first-order valence-corrected chi connectivity index (χ1v) is 17.0. The van der Waals surface area contributed by atoms with Crippen molar-refractivity contribution in [2.75, 3.05) is 23.7 Å². The minimum absolute atomic E-state index is 0. The molecule has 3 aliphatic carbocycles. The van der Waals surface area contributed by atoms with Gasteiger partial charge in [0, 0.05) is 50.3 Å². The Kier molecular flexibility index (Phi) is 7.60. The molecule has 8 nitrogen and oxygen atoms in total. The lowest BCUT2D eigenvalue weighted by molar-refractivity contribution is -0.126. The summed E-state index contributed by atoms with van der Waals surface area (Å²) < 4.78 is 24.1. The van der Waals surface area contributed by atoms with Crippen LogP contribution in [0.4, 0.5) is 5.69 Å². The molecule has 0 unspecified atom stereocenters. The number of hydrogen-bond donors (Lipinski definition) is 1. The van der Waals surface area contributed by atoms with E-state index in [0.717, 1.165) is 78.1 Å². The van der Waals surface area contributed by atoms with E-state index >= 15 is 0 Å². The topological polar surface area (TPSA) is 116 Å². The lowest BCUT2D eigenvalue weighted by Gasteiger charge is -2.34. The lowest BCUT2D eigenvalue weighted by Crippen LogP contribution is -2.48. The van der Waals surface area contributed by atoms with Gasteiger partial charge in [-0.05, 0) is 68.4 Å². The van der Waals surface area contributed by atoms with Crippen molar-refractivity contribution >= 4 is 32.8 Å². The highest BCUT2D eigenvalue weighted by molar-refractivity contribution is 7.93. The quantitative estimate of drug-likeness (QED) is 0.409. The molecule has 0 atom stereocenters. The Labute approximate surface area is 247 Å². The maximum atomic E-state index is 12.3. The minimum atomic E-state index is -2.92. The molecule has 1 N–H and O–H groups in total. The first-order chi connectivity index (χ1) is 19.8. The second-order valence-electron chi connectivity index (χ2n) is 11.8. The number of carbonyl (C=O) groups is 1. The number of nitriles is 1. The maximum absolute atomic E-state index is 12.3. The smallest absolute Gasteiger partial charge is 0.224 e. The Morgan fingerprint density at radius 2 is 1.80 bits per heavy atom. The Balaban J connectivity index is 0.000000200. The SMILES string of the molecule is N#CC1(NC(=O)C2CCCCC2)CC1.O=S1(=O)CCN(c2ccc(-c3cnc(-c4cccnc4)s3)cc2)CC12CC2.[HH]. The van der Waals surface area contributed by atoms with Gasteiger partial charge in [-0.15, -0.1) is 11.3 Å². The Bertz CT molecular complexity index is 1540. The molecule has 1 saturated heterocycles. The van der Waals surface area contributed by atoms with Crippen molar-refractivity contribution in [3.63, 3.8) is 0 Å². The molecule has 4 fully saturated rings. The van der Waals surface area contributed by atoms with Gasteiger partial charge in [-0.25, -0.2) is 13.4 Å². The summed E-state index contributed by atoms with van der Waals surface area (Å²) in [5, 5.41) is 12.7. The van der Waals surface area contributed by atoms with Crippen LogP contribution in [0.3, 0.4) is 0 Å². The number of carbonyl (C=O) groups excluding carboxylic acids is 1. The summed E-state index contributed by atoms with van der Waals surface area (Å²) in [6.45, 7) is 1.20. The van der Waals surface area contributed by atoms with Crippen LogP contribution in [0.1, 0.15) is 59.2 Å². The maximum Gasteiger partial charge on any atom is 0.224 e. The van der Waals surface area contributed by atoms with Gasteiger partial charge in [0.1, 0.15) is 10.5 Å². The molecule has 4 aliphatic rings. The number of amides is 1. The van der Waals surface area contributed by atoms with Crippen LogP contribution in [0.25, 0.3) is 21.0 Å². The van der Waals surface area contributed by atoms with Gasteiger partial charge in [-0.1, -0.05) is 31.4 Å². The van der Waals surface area contributed by atoms with Crippen LogP contribution in [0, 0.1) is 17.2 Å². The molecule has 10 heteroatoms. The van der Waals surface area contributed by atoms with Gasteiger partial charge < -0.3 is 10.2 Å². The van der Waals surface area contributed by atoms with Crippen LogP contribution in [0.15, 0.2) is 55.0 Å². The van der Waals surface area contributed by atoms with E-state index in [1.54, 1.807) is 17.5 Å². The van der Waals surface area contributed by atoms with Gasteiger partial charge in [-0.3, -0.25) is 9.78 Å². The molecule has 2 aromatic heterocycles. The minimum Gasteiger partial charge on any atom is -0.369 e. The van der Waals surface area contributed by atoms with Crippen molar-refractivity contribution in [3.05, 3.63) is 55.0 Å². The van der Waals surface area contributed by atoms with Crippen LogP contribution in [0.2, 0.25) is 0 Å². The zero-order chi connectivity index (χ0) is 28.5. The van der Waals surface area contributed by atoms with Crippen molar-refractivity contribution in [1.82, 2.24) is 15.3 Å². The van der Waals surface area contributed by atoms with Gasteiger partial charge in [0.05, 0.1) is 21.4 Å². The van der Waals surface area contributed by atoms with Gasteiger partial charge in [0.2, 0.25) is 5.91 Å². The van der Waals surface area contributed by atoms with Gasteiger partial charge >= 0.3 is 0 Å². The van der Waals surface area contributed by atoms with Crippen molar-refractivity contribution < 1.29 is 14.6 Å². The highest BCUT2D eigenvalue weighted by Gasteiger charge is 2.57. The van der Waals surface area contributed by atoms with E-state index in [9.17, 15) is 13.2 Å². The highest BCUT2D eigenvalue weighted by atomic mass is 32.2. The predicted octanol–water partition coefficient (Wildman–Crippen LogP) is 5.62. The van der Waals surface area contributed by atoms with Gasteiger partial charge in [0.15, 0.2) is 9.84 Å². The second-order valence-corrected chi connectivity index (χ2v) is 15.3. The van der Waals surface area contributed by atoms with Crippen LogP contribution in [-0.4, -0.2) is 53.4 Å². The average Bonchev–Trinajstić information content (AvgIpc) is 3.92. The Morgan fingerprint density at radius 3 is 2.44 bits per heavy atom. The fourth-order valence-corrected chi connectivity index (χ4v) is 8.64. The third-order valence-electron chi connectivity index (χ3n) is 8.81. The summed E-state index contributed by atoms with van der Waals surface area (Å²) in [5.41, 5.74) is 2.76. The molecule has 1 aromatic carbocycles. The van der Waals surface area contributed by atoms with E-state index in [4.69, 9.17) is 5.26 Å². The third kappa shape index (κ3) is 6.02. The summed E-state index contributed by atoms with van der Waals surface area (Å²) in [4.78, 5) is 23.7. The fraction of sp³-hybridized carbons (Fsp3) is 0.484. The molecule has 1 aliphatic heterocycles. The predicted molar refractivity (Wildman–Crippen MR) is 163 cm³/mol. The van der Waals surface area contributed by atoms with Crippen molar-refractivity contribution in [2.45, 2.75) is 68.1 Å². The van der Waals surface area contributed by atoms with Crippen LogP contribution < -0.4 is 10.2 Å². The van der Waals surface area contributed by atoms with E-state index in [2.05, 4.69) is 50.5 Å². The number of anilines is 1. The van der Waals surface area contributed by atoms with E-state index < -0.39 is 20.1 Å². The van der Waals surface area contributed by atoms with Crippen LogP contribution in [0.5, 0.6) is 0 Å². The summed E-state index contributed by atoms with van der Waals surface area (Å²) >= 11 is 1.65. The number of aromatic nitrogens is 2. The van der Waals surface area contributed by atoms with Crippen molar-refractivity contribution in [1.29, 1.82) is 5.26 Å². The molecule has 1 spiro atoms. The zero-order valence-corrected chi connectivity index (χ0v) is 24.7. The number of hydrogen-bond acceptors (Lipinski definition) is 8. The van der Waals surface area contributed by atoms with Crippen molar-refractivity contribution in [3.8, 4) is 27.1 Å². The normalized spacial score (nSPS) is 21.7. The summed E-state index contributed by atoms with van der Waals surface area (Å²) in [6, 6.07) is 14.5. The Hall–Kier alpha value is -3.29. The largest absolute Gasteiger partial charge is 0.369 e. The summed E-state index contributed by atoms with van der Waals surface area (Å²) in [5.74, 6) is 0.552. The number of benzene rings is 1. The number of nitrogens with one attached hydrogen (secondary N) is 1. The molecule has 3 aromatic rings.